The third kappa shape index (κ3) is 2.82. The number of carbonyl (C=O) groups excluding carboxylic acids is 1. The molecule has 1 heterocycles. The van der Waals surface area contributed by atoms with Crippen LogP contribution in [0.1, 0.15) is 35.3 Å². The highest BCUT2D eigenvalue weighted by Gasteiger charge is 2.22. The summed E-state index contributed by atoms with van der Waals surface area (Å²) < 4.78 is 0. The molecule has 2 N–H and O–H groups in total. The van der Waals surface area contributed by atoms with E-state index in [2.05, 4.69) is 4.98 Å². The van der Waals surface area contributed by atoms with Gasteiger partial charge in [0.1, 0.15) is 0 Å². The van der Waals surface area contributed by atoms with E-state index < -0.39 is 0 Å². The lowest BCUT2D eigenvalue weighted by molar-refractivity contribution is 0.0745. The van der Waals surface area contributed by atoms with Gasteiger partial charge in [-0.1, -0.05) is 6.42 Å². The fraction of sp³-hybridized carbons (Fsp3) is 0.538. The number of hydrogen-bond acceptors (Lipinski definition) is 3. The molecule has 17 heavy (non-hydrogen) atoms. The molecule has 1 aliphatic carbocycles. The maximum atomic E-state index is 12.1. The van der Waals surface area contributed by atoms with Crippen LogP contribution in [-0.2, 0) is 6.54 Å². The van der Waals surface area contributed by atoms with Gasteiger partial charge in [0.15, 0.2) is 0 Å². The van der Waals surface area contributed by atoms with Gasteiger partial charge in [-0.15, -0.1) is 0 Å². The zero-order valence-corrected chi connectivity index (χ0v) is 10.2. The summed E-state index contributed by atoms with van der Waals surface area (Å²) in [6.45, 7) is 1.23. The maximum absolute atomic E-state index is 12.1. The van der Waals surface area contributed by atoms with Crippen molar-refractivity contribution in [2.75, 3.05) is 13.6 Å². The van der Waals surface area contributed by atoms with E-state index in [0.29, 0.717) is 18.0 Å². The Kier molecular flexibility index (Phi) is 3.74. The molecule has 1 amide bonds. The molecule has 0 radical (unpaired) electrons. The average molecular weight is 233 g/mol. The number of nitrogens with zero attached hydrogens (tertiary/aromatic N) is 2. The highest BCUT2D eigenvalue weighted by Crippen LogP contribution is 2.27. The molecule has 1 saturated carbocycles. The predicted molar refractivity (Wildman–Crippen MR) is 66.4 cm³/mol. The number of rotatable bonds is 4. The van der Waals surface area contributed by atoms with Gasteiger partial charge in [-0.25, -0.2) is 0 Å². The molecule has 0 aliphatic heterocycles. The van der Waals surface area contributed by atoms with Gasteiger partial charge in [0.25, 0.3) is 5.91 Å². The van der Waals surface area contributed by atoms with Crippen LogP contribution < -0.4 is 5.73 Å². The van der Waals surface area contributed by atoms with Crippen LogP contribution in [0.2, 0.25) is 0 Å². The Hall–Kier alpha value is -1.42. The van der Waals surface area contributed by atoms with Crippen molar-refractivity contribution in [3.8, 4) is 0 Å². The summed E-state index contributed by atoms with van der Waals surface area (Å²) in [4.78, 5) is 18.0. The topological polar surface area (TPSA) is 59.2 Å². The van der Waals surface area contributed by atoms with Crippen molar-refractivity contribution in [1.82, 2.24) is 9.88 Å². The average Bonchev–Trinajstić information content (AvgIpc) is 2.32. The molecule has 0 spiro atoms. The quantitative estimate of drug-likeness (QED) is 0.855. The molecule has 0 bridgehead atoms. The van der Waals surface area contributed by atoms with E-state index in [0.717, 1.165) is 12.2 Å². The van der Waals surface area contributed by atoms with E-state index in [1.54, 1.807) is 23.2 Å². The number of aromatic nitrogens is 1. The van der Waals surface area contributed by atoms with Crippen molar-refractivity contribution in [2.45, 2.75) is 25.8 Å². The van der Waals surface area contributed by atoms with Crippen LogP contribution in [0.15, 0.2) is 18.3 Å². The van der Waals surface area contributed by atoms with Gasteiger partial charge in [-0.05, 0) is 30.9 Å². The van der Waals surface area contributed by atoms with Crippen molar-refractivity contribution in [3.63, 3.8) is 0 Å². The third-order valence-electron chi connectivity index (χ3n) is 3.38. The van der Waals surface area contributed by atoms with E-state index in [4.69, 9.17) is 5.73 Å². The Morgan fingerprint density at radius 2 is 2.35 bits per heavy atom. The van der Waals surface area contributed by atoms with Crippen molar-refractivity contribution < 1.29 is 4.79 Å². The van der Waals surface area contributed by atoms with Crippen molar-refractivity contribution in [2.24, 2.45) is 11.7 Å². The first-order valence-corrected chi connectivity index (χ1v) is 6.11. The van der Waals surface area contributed by atoms with Crippen LogP contribution in [0, 0.1) is 5.92 Å². The molecule has 1 aromatic rings. The minimum atomic E-state index is 0.0639. The van der Waals surface area contributed by atoms with Gasteiger partial charge < -0.3 is 10.6 Å². The standard InChI is InChI=1S/C13H19N3O/c1-16(9-10-3-2-4-10)13(17)11-5-6-15-12(7-11)8-14/h5-7,10H,2-4,8-9,14H2,1H3. The maximum Gasteiger partial charge on any atom is 0.253 e. The Balaban J connectivity index is 2.01. The van der Waals surface area contributed by atoms with Crippen LogP contribution in [0.5, 0.6) is 0 Å². The summed E-state index contributed by atoms with van der Waals surface area (Å²) in [6.07, 6.45) is 5.45. The molecular weight excluding hydrogens is 214 g/mol. The molecule has 2 rings (SSSR count). The van der Waals surface area contributed by atoms with Crippen LogP contribution in [0.4, 0.5) is 0 Å². The minimum absolute atomic E-state index is 0.0639. The van der Waals surface area contributed by atoms with E-state index in [9.17, 15) is 4.79 Å². The van der Waals surface area contributed by atoms with Gasteiger partial charge in [0.05, 0.1) is 5.69 Å². The van der Waals surface area contributed by atoms with Gasteiger partial charge in [-0.3, -0.25) is 9.78 Å². The van der Waals surface area contributed by atoms with Crippen molar-refractivity contribution in [1.29, 1.82) is 0 Å². The summed E-state index contributed by atoms with van der Waals surface area (Å²) in [6, 6.07) is 3.53. The molecule has 0 saturated heterocycles. The molecular formula is C13H19N3O. The van der Waals surface area contributed by atoms with E-state index in [-0.39, 0.29) is 5.91 Å². The Morgan fingerprint density at radius 3 is 2.94 bits per heavy atom. The van der Waals surface area contributed by atoms with Gasteiger partial charge >= 0.3 is 0 Å². The van der Waals surface area contributed by atoms with E-state index in [1.165, 1.54) is 19.3 Å². The van der Waals surface area contributed by atoms with Gasteiger partial charge in [0, 0.05) is 31.9 Å². The summed E-state index contributed by atoms with van der Waals surface area (Å²) in [5.41, 5.74) is 6.96. The largest absolute Gasteiger partial charge is 0.341 e. The Bertz CT molecular complexity index is 401. The zero-order valence-electron chi connectivity index (χ0n) is 10.2. The normalized spacial score (nSPS) is 15.4. The molecule has 1 aliphatic rings. The van der Waals surface area contributed by atoms with Crippen LogP contribution in [0.25, 0.3) is 0 Å². The minimum Gasteiger partial charge on any atom is -0.341 e. The lowest BCUT2D eigenvalue weighted by atomic mass is 9.85. The SMILES string of the molecule is CN(CC1CCC1)C(=O)c1ccnc(CN)c1. The highest BCUT2D eigenvalue weighted by atomic mass is 16.2. The second-order valence-corrected chi connectivity index (χ2v) is 4.72. The molecule has 4 nitrogen and oxygen atoms in total. The second kappa shape index (κ2) is 5.27. The first kappa shape index (κ1) is 12.0. The lowest BCUT2D eigenvalue weighted by Gasteiger charge is -2.30. The molecule has 0 unspecified atom stereocenters. The first-order valence-electron chi connectivity index (χ1n) is 6.11. The summed E-state index contributed by atoms with van der Waals surface area (Å²) >= 11 is 0. The van der Waals surface area contributed by atoms with Crippen molar-refractivity contribution >= 4 is 5.91 Å². The van der Waals surface area contributed by atoms with Crippen molar-refractivity contribution in [3.05, 3.63) is 29.6 Å². The van der Waals surface area contributed by atoms with Crippen LogP contribution in [-0.4, -0.2) is 29.4 Å². The number of nitrogens with two attached hydrogens (primary N) is 1. The van der Waals surface area contributed by atoms with Crippen LogP contribution >= 0.6 is 0 Å². The summed E-state index contributed by atoms with van der Waals surface area (Å²) in [5.74, 6) is 0.758. The number of pyridine rings is 1. The molecule has 1 aromatic heterocycles. The fourth-order valence-corrected chi connectivity index (χ4v) is 2.09. The number of carbonyl (C=O) groups is 1. The van der Waals surface area contributed by atoms with Crippen LogP contribution in [0.3, 0.4) is 0 Å². The Labute approximate surface area is 102 Å². The second-order valence-electron chi connectivity index (χ2n) is 4.72. The summed E-state index contributed by atoms with van der Waals surface area (Å²) in [7, 11) is 1.86. The number of amides is 1. The lowest BCUT2D eigenvalue weighted by Crippen LogP contribution is -2.34. The first-order chi connectivity index (χ1) is 8.20. The predicted octanol–water partition coefficient (Wildman–Crippen LogP) is 1.41. The molecule has 0 atom stereocenters. The van der Waals surface area contributed by atoms with E-state index >= 15 is 0 Å². The van der Waals surface area contributed by atoms with Gasteiger partial charge in [-0.2, -0.15) is 0 Å². The highest BCUT2D eigenvalue weighted by molar-refractivity contribution is 5.94. The fourth-order valence-electron chi connectivity index (χ4n) is 2.09. The smallest absolute Gasteiger partial charge is 0.253 e. The third-order valence-corrected chi connectivity index (χ3v) is 3.38. The van der Waals surface area contributed by atoms with Gasteiger partial charge in [0.2, 0.25) is 0 Å². The number of hydrogen-bond donors (Lipinski definition) is 1. The molecule has 0 aromatic carbocycles. The summed E-state index contributed by atoms with van der Waals surface area (Å²) in [5, 5.41) is 0. The Morgan fingerprint density at radius 1 is 1.59 bits per heavy atom. The zero-order chi connectivity index (χ0) is 12.3. The molecule has 1 fully saturated rings. The van der Waals surface area contributed by atoms with E-state index in [1.807, 2.05) is 7.05 Å². The molecule has 92 valence electrons. The monoisotopic (exact) mass is 233 g/mol. The molecule has 4 heteroatoms.